The lowest BCUT2D eigenvalue weighted by Gasteiger charge is -2.19. The number of aryl methyl sites for hydroxylation is 2. The number of rotatable bonds is 16. The van der Waals surface area contributed by atoms with Crippen LogP contribution in [0.4, 0.5) is 4.79 Å². The van der Waals surface area contributed by atoms with Crippen LogP contribution in [-0.2, 0) is 34.8 Å². The summed E-state index contributed by atoms with van der Waals surface area (Å²) < 4.78 is 35.7. The van der Waals surface area contributed by atoms with Gasteiger partial charge in [0, 0.05) is 20.1 Å². The maximum Gasteiger partial charge on any atom is 0.410 e. The molecule has 0 aliphatic carbocycles. The average molecular weight is 523 g/mol. The number of carbonyl (C=O) groups is 1. The van der Waals surface area contributed by atoms with Crippen LogP contribution in [0.15, 0.2) is 30.3 Å². The molecule has 0 aliphatic heterocycles. The highest BCUT2D eigenvalue weighted by atomic mass is 32.2. The minimum atomic E-state index is -3.55. The van der Waals surface area contributed by atoms with Gasteiger partial charge in [0.2, 0.25) is 10.0 Å². The Labute approximate surface area is 216 Å². The fraction of sp³-hybridized carbons (Fsp3) is 0.640. The summed E-state index contributed by atoms with van der Waals surface area (Å²) >= 11 is 0. The van der Waals surface area contributed by atoms with Gasteiger partial charge >= 0.3 is 6.09 Å². The molecular weight excluding hydrogens is 480 g/mol. The summed E-state index contributed by atoms with van der Waals surface area (Å²) in [6, 6.07) is 9.30. The first kappa shape index (κ1) is 29.7. The van der Waals surface area contributed by atoms with Crippen molar-refractivity contribution < 1.29 is 17.9 Å². The molecule has 0 aliphatic rings. The number of nitrogens with zero attached hydrogens (tertiary/aromatic N) is 5. The van der Waals surface area contributed by atoms with E-state index < -0.39 is 22.2 Å². The summed E-state index contributed by atoms with van der Waals surface area (Å²) in [5.41, 5.74) is 1.10. The molecule has 0 saturated carbocycles. The molecule has 0 unspecified atom stereocenters. The van der Waals surface area contributed by atoms with Gasteiger partial charge < -0.3 is 14.5 Å². The van der Waals surface area contributed by atoms with E-state index in [1.54, 1.807) is 11.9 Å². The minimum absolute atomic E-state index is 0.0342. The predicted octanol–water partition coefficient (Wildman–Crippen LogP) is 3.12. The molecule has 1 aromatic heterocycles. The van der Waals surface area contributed by atoms with Crippen LogP contribution in [0, 0.1) is 0 Å². The summed E-state index contributed by atoms with van der Waals surface area (Å²) in [5, 5.41) is 4.47. The van der Waals surface area contributed by atoms with Crippen LogP contribution in [0.3, 0.4) is 0 Å². The average Bonchev–Trinajstić information content (AvgIpc) is 3.24. The molecule has 202 valence electrons. The molecule has 2 rings (SSSR count). The van der Waals surface area contributed by atoms with Gasteiger partial charge in [-0.15, -0.1) is 0 Å². The first-order valence-corrected chi connectivity index (χ1v) is 14.5. The molecule has 0 spiro atoms. The van der Waals surface area contributed by atoms with Gasteiger partial charge in [-0.25, -0.2) is 27.6 Å². The number of hydrogen-bond acceptors (Lipinski definition) is 7. The Bertz CT molecular complexity index is 1020. The molecule has 0 radical (unpaired) electrons. The SMILES string of the molecule is CCN(CC)CCCS(=O)(=O)N[C@H](CCc1ccccc1)c1nc(COC(=O)N(CC)CC)n(C)n1. The van der Waals surface area contributed by atoms with E-state index in [0.29, 0.717) is 44.0 Å². The van der Waals surface area contributed by atoms with Crippen LogP contribution >= 0.6 is 0 Å². The van der Waals surface area contributed by atoms with Crippen LogP contribution in [-0.4, -0.2) is 77.6 Å². The third-order valence-corrected chi connectivity index (χ3v) is 7.67. The van der Waals surface area contributed by atoms with E-state index in [1.807, 2.05) is 44.2 Å². The van der Waals surface area contributed by atoms with Crippen molar-refractivity contribution in [2.24, 2.45) is 7.05 Å². The first-order chi connectivity index (χ1) is 17.2. The van der Waals surface area contributed by atoms with Gasteiger partial charge in [0.25, 0.3) is 0 Å². The third-order valence-electron chi connectivity index (χ3n) is 6.20. The highest BCUT2D eigenvalue weighted by molar-refractivity contribution is 7.89. The predicted molar refractivity (Wildman–Crippen MR) is 141 cm³/mol. The summed E-state index contributed by atoms with van der Waals surface area (Å²) in [4.78, 5) is 20.5. The van der Waals surface area contributed by atoms with Crippen LogP contribution < -0.4 is 4.72 Å². The zero-order valence-electron chi connectivity index (χ0n) is 22.3. The van der Waals surface area contributed by atoms with Crippen molar-refractivity contribution >= 4 is 16.1 Å². The number of sulfonamides is 1. The van der Waals surface area contributed by atoms with Crippen LogP contribution in [0.2, 0.25) is 0 Å². The van der Waals surface area contributed by atoms with Crippen LogP contribution in [0.1, 0.15) is 63.8 Å². The second-order valence-corrected chi connectivity index (χ2v) is 10.5. The number of hydrogen-bond donors (Lipinski definition) is 1. The molecular formula is C25H42N6O4S. The summed E-state index contributed by atoms with van der Waals surface area (Å²) in [7, 11) is -1.84. The monoisotopic (exact) mass is 522 g/mol. The standard InChI is InChI=1S/C25H42N6O4S/c1-6-30(7-2)18-13-19-36(33,34)28-22(17-16-21-14-11-10-12-15-21)24-26-23(29(5)27-24)20-35-25(32)31(8-3)9-4/h10-12,14-15,22,28H,6-9,13,16-20H2,1-5H3/t22-/m1/s1. The minimum Gasteiger partial charge on any atom is -0.441 e. The molecule has 0 bridgehead atoms. The normalized spacial score (nSPS) is 12.6. The summed E-state index contributed by atoms with van der Waals surface area (Å²) in [5.74, 6) is 0.859. The number of benzene rings is 1. The lowest BCUT2D eigenvalue weighted by Crippen LogP contribution is -2.33. The maximum atomic E-state index is 13.0. The molecule has 1 aromatic carbocycles. The fourth-order valence-corrected chi connectivity index (χ4v) is 5.18. The fourth-order valence-electron chi connectivity index (χ4n) is 3.90. The number of carbonyl (C=O) groups excluding carboxylic acids is 1. The van der Waals surface area contributed by atoms with Gasteiger partial charge in [0.15, 0.2) is 18.3 Å². The van der Waals surface area contributed by atoms with Crippen molar-refractivity contribution in [3.63, 3.8) is 0 Å². The van der Waals surface area contributed by atoms with Gasteiger partial charge in [-0.05, 0) is 58.3 Å². The lowest BCUT2D eigenvalue weighted by molar-refractivity contribution is 0.0965. The first-order valence-electron chi connectivity index (χ1n) is 12.8. The van der Waals surface area contributed by atoms with Crippen molar-refractivity contribution in [1.29, 1.82) is 0 Å². The molecule has 10 nitrogen and oxygen atoms in total. The molecule has 36 heavy (non-hydrogen) atoms. The van der Waals surface area contributed by atoms with Crippen LogP contribution in [0.25, 0.3) is 0 Å². The second kappa shape index (κ2) is 14.9. The topological polar surface area (TPSA) is 110 Å². The van der Waals surface area contributed by atoms with E-state index in [4.69, 9.17) is 4.74 Å². The number of nitrogens with one attached hydrogen (secondary N) is 1. The molecule has 1 heterocycles. The van der Waals surface area contributed by atoms with E-state index in [9.17, 15) is 13.2 Å². The second-order valence-electron chi connectivity index (χ2n) is 8.63. The summed E-state index contributed by atoms with van der Waals surface area (Å²) in [6.07, 6.45) is 1.30. The molecule has 1 atom stereocenters. The Morgan fingerprint density at radius 2 is 1.75 bits per heavy atom. The van der Waals surface area contributed by atoms with E-state index in [0.717, 1.165) is 25.2 Å². The molecule has 2 aromatic rings. The van der Waals surface area contributed by atoms with E-state index in [-0.39, 0.29) is 12.4 Å². The quantitative estimate of drug-likeness (QED) is 0.361. The zero-order valence-corrected chi connectivity index (χ0v) is 23.1. The van der Waals surface area contributed by atoms with E-state index in [1.165, 1.54) is 4.68 Å². The van der Waals surface area contributed by atoms with Gasteiger partial charge in [-0.1, -0.05) is 44.2 Å². The zero-order chi connectivity index (χ0) is 26.6. The maximum absolute atomic E-state index is 13.0. The third kappa shape index (κ3) is 9.51. The Morgan fingerprint density at radius 3 is 2.36 bits per heavy atom. The molecule has 1 N–H and O–H groups in total. The van der Waals surface area contributed by atoms with Crippen molar-refractivity contribution in [3.8, 4) is 0 Å². The highest BCUT2D eigenvalue weighted by Crippen LogP contribution is 2.19. The van der Waals surface area contributed by atoms with Crippen molar-refractivity contribution in [3.05, 3.63) is 47.5 Å². The smallest absolute Gasteiger partial charge is 0.410 e. The Hall–Kier alpha value is -2.50. The number of amides is 1. The van der Waals surface area contributed by atoms with Gasteiger partial charge in [0.1, 0.15) is 0 Å². The molecule has 0 saturated heterocycles. The Morgan fingerprint density at radius 1 is 1.08 bits per heavy atom. The van der Waals surface area contributed by atoms with Crippen molar-refractivity contribution in [2.45, 2.75) is 59.6 Å². The van der Waals surface area contributed by atoms with E-state index in [2.05, 4.69) is 33.6 Å². The van der Waals surface area contributed by atoms with Gasteiger partial charge in [-0.3, -0.25) is 0 Å². The Kier molecular flexibility index (Phi) is 12.3. The van der Waals surface area contributed by atoms with E-state index >= 15 is 0 Å². The Balaban J connectivity index is 2.14. The largest absolute Gasteiger partial charge is 0.441 e. The van der Waals surface area contributed by atoms with Crippen LogP contribution in [0.5, 0.6) is 0 Å². The highest BCUT2D eigenvalue weighted by Gasteiger charge is 2.25. The molecule has 0 fully saturated rings. The van der Waals surface area contributed by atoms with Crippen molar-refractivity contribution in [2.75, 3.05) is 38.5 Å². The number of ether oxygens (including phenoxy) is 1. The van der Waals surface area contributed by atoms with Crippen molar-refractivity contribution in [1.82, 2.24) is 29.3 Å². The lowest BCUT2D eigenvalue weighted by atomic mass is 10.1. The molecule has 1 amide bonds. The summed E-state index contributed by atoms with van der Waals surface area (Å²) in [6.45, 7) is 11.5. The van der Waals surface area contributed by atoms with Gasteiger partial charge in [-0.2, -0.15) is 5.10 Å². The number of aromatic nitrogens is 3. The molecule has 11 heteroatoms. The van der Waals surface area contributed by atoms with Gasteiger partial charge in [0.05, 0.1) is 11.8 Å².